The molecule has 0 saturated carbocycles. The molecule has 0 radical (unpaired) electrons. The van der Waals surface area contributed by atoms with Crippen molar-refractivity contribution in [3.63, 3.8) is 0 Å². The van der Waals surface area contributed by atoms with E-state index in [1.165, 1.54) is 6.92 Å². The van der Waals surface area contributed by atoms with E-state index < -0.39 is 253 Å². The monoisotopic (exact) mass is 2060 g/mol. The lowest BCUT2D eigenvalue weighted by Crippen LogP contribution is -2.66. The van der Waals surface area contributed by atoms with E-state index in [0.29, 0.717) is 59.3 Å². The summed E-state index contributed by atoms with van der Waals surface area (Å²) in [6.07, 6.45) is -12.5. The molecule has 3 heterocycles. The van der Waals surface area contributed by atoms with Gasteiger partial charge in [0.2, 0.25) is 47.3 Å². The van der Waals surface area contributed by atoms with Gasteiger partial charge in [-0.25, -0.2) is 4.67 Å². The predicted octanol–water partition coefficient (Wildman–Crippen LogP) is -2.18. The number of nitrogens with one attached hydrogen (secondary N) is 8. The molecule has 3 saturated heterocycles. The third-order valence-corrected chi connectivity index (χ3v) is 21.6. The smallest absolute Gasteiger partial charge is 0.303 e. The van der Waals surface area contributed by atoms with Gasteiger partial charge in [0.1, 0.15) is 68.3 Å². The van der Waals surface area contributed by atoms with Crippen LogP contribution in [0.15, 0.2) is 0 Å². The second-order valence-electron chi connectivity index (χ2n) is 32.2. The van der Waals surface area contributed by atoms with E-state index in [9.17, 15) is 81.5 Å². The Kier molecular flexibility index (Phi) is 65.3. The molecule has 0 aromatic rings. The summed E-state index contributed by atoms with van der Waals surface area (Å²) in [5.74, 6) is -10.2. The summed E-state index contributed by atoms with van der Waals surface area (Å²) in [6, 6.07) is -6.34. The van der Waals surface area contributed by atoms with Crippen LogP contribution in [0, 0.1) is 12.3 Å². The van der Waals surface area contributed by atoms with Gasteiger partial charge in [0.25, 0.3) is 8.53 Å². The van der Waals surface area contributed by atoms with E-state index in [4.69, 9.17) is 129 Å². The van der Waals surface area contributed by atoms with Crippen molar-refractivity contribution in [3.8, 4) is 12.3 Å². The first-order valence-corrected chi connectivity index (χ1v) is 47.7. The molecule has 0 aliphatic carbocycles. The van der Waals surface area contributed by atoms with Crippen LogP contribution in [0.3, 0.4) is 0 Å². The molecule has 810 valence electrons. The van der Waals surface area contributed by atoms with Gasteiger partial charge in [-0.1, -0.05) is 0 Å². The highest BCUT2D eigenvalue weighted by Gasteiger charge is 2.55. The van der Waals surface area contributed by atoms with Crippen LogP contribution < -0.4 is 42.5 Å². The summed E-state index contributed by atoms with van der Waals surface area (Å²) in [4.78, 5) is 217. The van der Waals surface area contributed by atoms with Crippen LogP contribution in [0.2, 0.25) is 0 Å². The maximum absolute atomic E-state index is 14.2. The van der Waals surface area contributed by atoms with Crippen LogP contribution in [-0.2, 0) is 204 Å². The van der Waals surface area contributed by atoms with Gasteiger partial charge in [0.15, 0.2) is 55.5 Å². The Balaban J connectivity index is 1.76. The third kappa shape index (κ3) is 55.4. The third-order valence-electron chi connectivity index (χ3n) is 19.5. The number of carbonyl (C=O) groups is 17. The number of carbonyl (C=O) groups excluding carboxylic acids is 17. The lowest BCUT2D eigenvalue weighted by molar-refractivity contribution is -0.279. The molecule has 3 aliphatic rings. The molecule has 18 atom stereocenters. The van der Waals surface area contributed by atoms with Crippen LogP contribution in [0.4, 0.5) is 0 Å². The van der Waals surface area contributed by atoms with Gasteiger partial charge >= 0.3 is 53.7 Å². The highest BCUT2D eigenvalue weighted by Crippen LogP contribution is 2.46. The van der Waals surface area contributed by atoms with E-state index in [0.717, 1.165) is 76.2 Å². The lowest BCUT2D eigenvalue weighted by Gasteiger charge is -2.44. The Hall–Kier alpha value is -9.74. The van der Waals surface area contributed by atoms with E-state index in [1.54, 1.807) is 0 Å². The van der Waals surface area contributed by atoms with Crippen LogP contribution in [0.1, 0.15) is 149 Å². The molecule has 3 fully saturated rings. The fraction of sp³-hybridized carbons (Fsp3) is 0.787. The van der Waals surface area contributed by atoms with Crippen molar-refractivity contribution < 1.29 is 204 Å². The minimum absolute atomic E-state index is 0.0571. The van der Waals surface area contributed by atoms with Crippen LogP contribution in [0.5, 0.6) is 0 Å². The largest absolute Gasteiger partial charge is 0.463 e. The number of nitrogens with zero attached hydrogens (tertiary/aromatic N) is 1. The number of esters is 9. The number of terminal acetylenes is 1. The molecule has 3 aliphatic heterocycles. The maximum atomic E-state index is 14.2. The fourth-order valence-electron chi connectivity index (χ4n) is 13.9. The molecule has 18 unspecified atom stereocenters. The Morgan fingerprint density at radius 2 is 0.585 bits per heavy atom. The normalized spacial score (nSPS) is 21.5. The van der Waals surface area contributed by atoms with Crippen molar-refractivity contribution in [2.75, 3.05) is 191 Å². The summed E-state index contributed by atoms with van der Waals surface area (Å²) in [7, 11) is -1.31. The average molecular weight is 2060 g/mol. The van der Waals surface area contributed by atoms with Crippen molar-refractivity contribution in [1.82, 2.24) is 47.2 Å². The van der Waals surface area contributed by atoms with Gasteiger partial charge in [-0.15, -0.1) is 12.3 Å². The van der Waals surface area contributed by atoms with Crippen molar-refractivity contribution in [2.24, 2.45) is 0 Å². The first-order chi connectivity index (χ1) is 67.6. The van der Waals surface area contributed by atoms with E-state index in [2.05, 4.69) is 80.8 Å². The van der Waals surface area contributed by atoms with Crippen molar-refractivity contribution in [3.05, 3.63) is 0 Å². The topological polar surface area (TPSA) is 630 Å². The molecule has 53 heteroatoms. The Labute approximate surface area is 826 Å². The molecular weight excluding hydrogens is 1910 g/mol. The molecule has 0 bridgehead atoms. The summed E-state index contributed by atoms with van der Waals surface area (Å²) < 4.78 is 149. The standard InChI is InChI=1S/C89H146N9O43P/c1-18-19-28-131-142(98(54(2)3)55(4)5)132-50-46-124-42-41-123-40-39-122-38-37-121-36-35-120-34-33-116-29-24-75(113)97-69(86(115)92-27-32-119-45-49-127-89-78(95-58(8)101)84(138-67(17)110)81(135-64(14)107)72(141-89)53-130-61(11)104)21-23-74(112)96-68(85(114)91-26-31-118-44-48-126-88-77(94-57(7)100)83(137-66(16)109)80(134-63(13)106)71(140-88)52-129-60(10)103)20-22-73(111)90-25-30-117-43-47-125-87-76(93-56(6)99)82(136-65(15)108)79(133-62(12)105)70(139-87)51-128-59(9)102/h1,54-55,68-72,76-84,87-89H,19-53H2,2-17H3,(H,90,111)(H,91,114)(H,92,115)(H,93,99)(H,94,100)(H,95,101)(H,96,112)(H,97,113). The zero-order chi connectivity index (χ0) is 105. The maximum Gasteiger partial charge on any atom is 0.303 e. The minimum atomic E-state index is -1.47. The number of ether oxygens (including phenoxy) is 24. The number of hydrogen-bond donors (Lipinski definition) is 8. The molecular formula is C89H146N9O43P. The predicted molar refractivity (Wildman–Crippen MR) is 488 cm³/mol. The number of amides is 8. The van der Waals surface area contributed by atoms with Gasteiger partial charge in [-0.2, -0.15) is 0 Å². The summed E-state index contributed by atoms with van der Waals surface area (Å²) in [5, 5.41) is 20.9. The molecule has 142 heavy (non-hydrogen) atoms. The van der Waals surface area contributed by atoms with Gasteiger partial charge in [0, 0.05) is 140 Å². The summed E-state index contributed by atoms with van der Waals surface area (Å²) >= 11 is 0. The van der Waals surface area contributed by atoms with E-state index in [1.807, 2.05) is 0 Å². The van der Waals surface area contributed by atoms with Crippen molar-refractivity contribution >= 4 is 110 Å². The number of hydrogen-bond acceptors (Lipinski definition) is 44. The highest BCUT2D eigenvalue weighted by molar-refractivity contribution is 7.44. The first-order valence-electron chi connectivity index (χ1n) is 46.6. The molecule has 3 rings (SSSR count). The van der Waals surface area contributed by atoms with E-state index >= 15 is 0 Å². The second kappa shape index (κ2) is 73.3. The van der Waals surface area contributed by atoms with Crippen molar-refractivity contribution in [2.45, 2.75) is 265 Å². The zero-order valence-corrected chi connectivity index (χ0v) is 84.6. The molecule has 0 aromatic heterocycles. The molecule has 8 N–H and O–H groups in total. The van der Waals surface area contributed by atoms with Gasteiger partial charge in [0.05, 0.1) is 152 Å². The first kappa shape index (κ1) is 126. The zero-order valence-electron chi connectivity index (χ0n) is 83.7. The van der Waals surface area contributed by atoms with Crippen LogP contribution >= 0.6 is 8.53 Å². The second-order valence-corrected chi connectivity index (χ2v) is 33.7. The number of rotatable bonds is 74. The molecule has 0 aromatic carbocycles. The Bertz CT molecular complexity index is 3880. The fourth-order valence-corrected chi connectivity index (χ4v) is 15.4. The lowest BCUT2D eigenvalue weighted by atomic mass is 9.96. The van der Waals surface area contributed by atoms with E-state index in [-0.39, 0.29) is 144 Å². The molecule has 0 spiro atoms. The van der Waals surface area contributed by atoms with Crippen LogP contribution in [0.25, 0.3) is 0 Å². The SMILES string of the molecule is C#CCCOP(OCCOCCOCCOCCOCCOCCOCCC(=O)NC(CCC(=O)NC(CCC(=O)NCCOCCOC1OC(COC(C)=O)C(OC(C)=O)C(OC(C)=O)C1NC(C)=O)C(=O)NCCOCCOC1OC(COC(C)=O)C(OC(C)=O)C(OC(C)=O)C1NC(C)=O)C(=O)NCCOCCOC1OC(COC(C)=O)C(OC(C)=O)C(OC(C)=O)C1NC(C)=O)N(C(C)C)C(C)C. The summed E-state index contributed by atoms with van der Waals surface area (Å²) in [5.41, 5.74) is 0. The quantitative estimate of drug-likeness (QED) is 0.0106. The molecule has 8 amide bonds. The minimum Gasteiger partial charge on any atom is -0.463 e. The van der Waals surface area contributed by atoms with Crippen molar-refractivity contribution in [1.29, 1.82) is 0 Å². The Morgan fingerprint density at radius 3 is 0.880 bits per heavy atom. The highest BCUT2D eigenvalue weighted by atomic mass is 31.2. The molecule has 52 nitrogen and oxygen atoms in total. The van der Waals surface area contributed by atoms with Gasteiger partial charge in [-0.05, 0) is 40.5 Å². The average Bonchev–Trinajstić information content (AvgIpc) is 0.793. The van der Waals surface area contributed by atoms with Gasteiger partial charge < -0.3 is 165 Å². The van der Waals surface area contributed by atoms with Crippen LogP contribution in [-0.4, -0.2) is 413 Å². The Morgan fingerprint density at radius 1 is 0.317 bits per heavy atom. The summed E-state index contributed by atoms with van der Waals surface area (Å²) in [6.45, 7) is 21.2. The van der Waals surface area contributed by atoms with Gasteiger partial charge in [-0.3, -0.25) is 81.5 Å².